The Kier molecular flexibility index (Phi) is 6.54. The first-order valence-electron chi connectivity index (χ1n) is 8.81. The number of primary amides is 1. The zero-order chi connectivity index (χ0) is 19.9. The Bertz CT molecular complexity index is 969. The number of hydrogen-bond donors (Lipinski definition) is 2. The molecule has 0 aliphatic rings. The van der Waals surface area contributed by atoms with Crippen molar-refractivity contribution in [3.8, 4) is 5.75 Å². The monoisotopic (exact) mass is 398 g/mol. The maximum atomic E-state index is 12.6. The van der Waals surface area contributed by atoms with Gasteiger partial charge in [-0.1, -0.05) is 12.1 Å². The van der Waals surface area contributed by atoms with Crippen molar-refractivity contribution in [1.82, 2.24) is 9.55 Å². The number of thioether (sulfide) groups is 1. The summed E-state index contributed by atoms with van der Waals surface area (Å²) in [6, 6.07) is 14.8. The maximum absolute atomic E-state index is 12.6. The van der Waals surface area contributed by atoms with Crippen LogP contribution in [0, 0.1) is 0 Å². The molecule has 0 radical (unpaired) electrons. The molecular weight excluding hydrogens is 376 g/mol. The number of imidazole rings is 1. The van der Waals surface area contributed by atoms with Crippen molar-refractivity contribution in [3.63, 3.8) is 0 Å². The van der Waals surface area contributed by atoms with E-state index in [0.717, 1.165) is 22.6 Å². The third-order valence-electron chi connectivity index (χ3n) is 4.06. The van der Waals surface area contributed by atoms with Crippen molar-refractivity contribution in [2.45, 2.75) is 18.7 Å². The van der Waals surface area contributed by atoms with Gasteiger partial charge >= 0.3 is 0 Å². The van der Waals surface area contributed by atoms with Crippen molar-refractivity contribution in [2.24, 2.45) is 5.73 Å². The fourth-order valence-corrected chi connectivity index (χ4v) is 3.27. The summed E-state index contributed by atoms with van der Waals surface area (Å²) < 4.78 is 7.37. The number of para-hydroxylation sites is 2. The van der Waals surface area contributed by atoms with Gasteiger partial charge in [-0.2, -0.15) is 11.8 Å². The molecule has 2 aromatic carbocycles. The van der Waals surface area contributed by atoms with E-state index in [-0.39, 0.29) is 25.5 Å². The second-order valence-corrected chi connectivity index (χ2v) is 7.04. The largest absolute Gasteiger partial charge is 0.493 e. The third kappa shape index (κ3) is 5.04. The number of fused-ring (bicyclic) bond motifs is 1. The molecule has 0 bridgehead atoms. The van der Waals surface area contributed by atoms with E-state index >= 15 is 0 Å². The molecule has 0 fully saturated rings. The van der Waals surface area contributed by atoms with Crippen LogP contribution in [0.4, 0.5) is 5.69 Å². The lowest BCUT2D eigenvalue weighted by atomic mass is 10.3. The van der Waals surface area contributed by atoms with Gasteiger partial charge in [0.2, 0.25) is 11.8 Å². The molecule has 3 rings (SSSR count). The lowest BCUT2D eigenvalue weighted by Crippen LogP contribution is -2.20. The second kappa shape index (κ2) is 9.27. The number of benzene rings is 2. The molecule has 2 amide bonds. The van der Waals surface area contributed by atoms with Crippen LogP contribution in [0.2, 0.25) is 0 Å². The molecule has 0 saturated carbocycles. The molecule has 3 aromatic rings. The first kappa shape index (κ1) is 19.8. The molecule has 28 heavy (non-hydrogen) atoms. The van der Waals surface area contributed by atoms with Crippen molar-refractivity contribution in [3.05, 3.63) is 54.4 Å². The van der Waals surface area contributed by atoms with Crippen LogP contribution < -0.4 is 15.8 Å². The molecule has 0 unspecified atom stereocenters. The van der Waals surface area contributed by atoms with Crippen LogP contribution in [0.25, 0.3) is 11.0 Å². The quantitative estimate of drug-likeness (QED) is 0.577. The molecule has 146 valence electrons. The summed E-state index contributed by atoms with van der Waals surface area (Å²) in [4.78, 5) is 27.9. The summed E-state index contributed by atoms with van der Waals surface area (Å²) in [6.07, 6.45) is 2.17. The SMILES string of the molecule is CSCc1nc2ccccc2n1CC(=O)Nc1ccc(OCCC(N)=O)cc1. The topological polar surface area (TPSA) is 99.2 Å². The van der Waals surface area contributed by atoms with Gasteiger partial charge in [-0.3, -0.25) is 9.59 Å². The lowest BCUT2D eigenvalue weighted by molar-refractivity contribution is -0.118. The normalized spacial score (nSPS) is 10.8. The van der Waals surface area contributed by atoms with Crippen molar-refractivity contribution >= 4 is 40.3 Å². The minimum Gasteiger partial charge on any atom is -0.493 e. The molecule has 0 saturated heterocycles. The number of nitrogens with two attached hydrogens (primary N) is 1. The first-order chi connectivity index (χ1) is 13.6. The standard InChI is InChI=1S/C20H22N4O3S/c1-28-13-19-23-16-4-2-3-5-17(16)24(19)12-20(26)22-14-6-8-15(9-7-14)27-11-10-18(21)25/h2-9H,10-13H2,1H3,(H2,21,25)(H,22,26). The van der Waals surface area contributed by atoms with Gasteiger partial charge in [0, 0.05) is 5.69 Å². The van der Waals surface area contributed by atoms with Crippen LogP contribution in [-0.2, 0) is 21.9 Å². The van der Waals surface area contributed by atoms with Crippen molar-refractivity contribution in [1.29, 1.82) is 0 Å². The maximum Gasteiger partial charge on any atom is 0.244 e. The first-order valence-corrected chi connectivity index (χ1v) is 10.2. The summed E-state index contributed by atoms with van der Waals surface area (Å²) in [7, 11) is 0. The molecule has 3 N–H and O–H groups in total. The predicted octanol–water partition coefficient (Wildman–Crippen LogP) is 2.79. The summed E-state index contributed by atoms with van der Waals surface area (Å²) in [5.74, 6) is 1.69. The van der Waals surface area contributed by atoms with Gasteiger partial charge in [0.1, 0.15) is 18.1 Å². The Morgan fingerprint density at radius 1 is 1.18 bits per heavy atom. The zero-order valence-electron chi connectivity index (χ0n) is 15.6. The molecule has 0 aliphatic heterocycles. The molecule has 8 heteroatoms. The summed E-state index contributed by atoms with van der Waals surface area (Å²) >= 11 is 1.67. The number of rotatable bonds is 9. The van der Waals surface area contributed by atoms with E-state index in [9.17, 15) is 9.59 Å². The van der Waals surface area contributed by atoms with Gasteiger partial charge in [-0.15, -0.1) is 0 Å². The number of aromatic nitrogens is 2. The van der Waals surface area contributed by atoms with Gasteiger partial charge in [0.15, 0.2) is 0 Å². The lowest BCUT2D eigenvalue weighted by Gasteiger charge is -2.10. The fourth-order valence-electron chi connectivity index (χ4n) is 2.79. The Morgan fingerprint density at radius 3 is 2.64 bits per heavy atom. The van der Waals surface area contributed by atoms with Gasteiger partial charge in [-0.25, -0.2) is 4.98 Å². The number of ether oxygens (including phenoxy) is 1. The predicted molar refractivity (Wildman–Crippen MR) is 111 cm³/mol. The molecule has 1 aromatic heterocycles. The number of carbonyl (C=O) groups excluding carboxylic acids is 2. The van der Waals surface area contributed by atoms with E-state index in [2.05, 4.69) is 10.3 Å². The molecule has 0 aliphatic carbocycles. The Balaban J connectivity index is 1.65. The number of hydrogen-bond acceptors (Lipinski definition) is 5. The van der Waals surface area contributed by atoms with E-state index in [0.29, 0.717) is 11.4 Å². The fraction of sp³-hybridized carbons (Fsp3) is 0.250. The van der Waals surface area contributed by atoms with Crippen LogP contribution in [-0.4, -0.2) is 34.2 Å². The smallest absolute Gasteiger partial charge is 0.244 e. The molecular formula is C20H22N4O3S. The minimum atomic E-state index is -0.406. The Labute approximate surface area is 167 Å². The van der Waals surface area contributed by atoms with E-state index in [1.165, 1.54) is 0 Å². The Morgan fingerprint density at radius 2 is 1.93 bits per heavy atom. The highest BCUT2D eigenvalue weighted by molar-refractivity contribution is 7.97. The van der Waals surface area contributed by atoms with Gasteiger partial charge in [0.05, 0.1) is 29.8 Å². The highest BCUT2D eigenvalue weighted by atomic mass is 32.2. The number of nitrogens with one attached hydrogen (secondary N) is 1. The average molecular weight is 398 g/mol. The number of amides is 2. The minimum absolute atomic E-state index is 0.132. The second-order valence-electron chi connectivity index (χ2n) is 6.17. The van der Waals surface area contributed by atoms with Gasteiger partial charge in [-0.05, 0) is 42.7 Å². The molecule has 7 nitrogen and oxygen atoms in total. The Hall–Kier alpha value is -3.00. The van der Waals surface area contributed by atoms with Crippen LogP contribution in [0.1, 0.15) is 12.2 Å². The summed E-state index contributed by atoms with van der Waals surface area (Å²) in [5.41, 5.74) is 7.58. The van der Waals surface area contributed by atoms with Gasteiger partial charge in [0.25, 0.3) is 0 Å². The molecule has 0 spiro atoms. The van der Waals surface area contributed by atoms with Crippen LogP contribution in [0.3, 0.4) is 0 Å². The highest BCUT2D eigenvalue weighted by Crippen LogP contribution is 2.20. The van der Waals surface area contributed by atoms with Crippen LogP contribution in [0.5, 0.6) is 5.75 Å². The number of carbonyl (C=O) groups is 2. The molecule has 0 atom stereocenters. The average Bonchev–Trinajstić information content (AvgIpc) is 3.00. The van der Waals surface area contributed by atoms with Crippen LogP contribution >= 0.6 is 11.8 Å². The van der Waals surface area contributed by atoms with E-state index in [1.807, 2.05) is 35.1 Å². The summed E-state index contributed by atoms with van der Waals surface area (Å²) in [6.45, 7) is 0.417. The van der Waals surface area contributed by atoms with E-state index < -0.39 is 5.91 Å². The van der Waals surface area contributed by atoms with E-state index in [4.69, 9.17) is 10.5 Å². The van der Waals surface area contributed by atoms with Crippen molar-refractivity contribution in [2.75, 3.05) is 18.2 Å². The zero-order valence-corrected chi connectivity index (χ0v) is 16.4. The molecule has 1 heterocycles. The van der Waals surface area contributed by atoms with Gasteiger partial charge < -0.3 is 20.4 Å². The highest BCUT2D eigenvalue weighted by Gasteiger charge is 2.13. The summed E-state index contributed by atoms with van der Waals surface area (Å²) in [5, 5.41) is 2.89. The van der Waals surface area contributed by atoms with E-state index in [1.54, 1.807) is 36.0 Å². The number of nitrogens with zero attached hydrogens (tertiary/aromatic N) is 2. The van der Waals surface area contributed by atoms with Crippen LogP contribution in [0.15, 0.2) is 48.5 Å². The van der Waals surface area contributed by atoms with Crippen molar-refractivity contribution < 1.29 is 14.3 Å². The third-order valence-corrected chi connectivity index (χ3v) is 4.61. The number of anilines is 1.